The van der Waals surface area contributed by atoms with Crippen molar-refractivity contribution in [3.63, 3.8) is 0 Å². The second kappa shape index (κ2) is 6.57. The van der Waals surface area contributed by atoms with Crippen molar-refractivity contribution in [1.29, 1.82) is 0 Å². The molecule has 4 heteroatoms. The molecule has 2 aromatic rings. The zero-order valence-electron chi connectivity index (χ0n) is 10.4. The molecule has 19 heavy (non-hydrogen) atoms. The average molecular weight is 278 g/mol. The van der Waals surface area contributed by atoms with Crippen LogP contribution >= 0.6 is 11.6 Å². The van der Waals surface area contributed by atoms with E-state index in [1.165, 1.54) is 0 Å². The van der Waals surface area contributed by atoms with Crippen molar-refractivity contribution in [1.82, 2.24) is 0 Å². The van der Waals surface area contributed by atoms with Crippen LogP contribution in [0.15, 0.2) is 48.5 Å². The Morgan fingerprint density at radius 3 is 2.42 bits per heavy atom. The van der Waals surface area contributed by atoms with Gasteiger partial charge in [0, 0.05) is 10.6 Å². The number of nitrogens with two attached hydrogens (primary N) is 1. The summed E-state index contributed by atoms with van der Waals surface area (Å²) < 4.78 is 5.65. The van der Waals surface area contributed by atoms with Gasteiger partial charge >= 0.3 is 0 Å². The maximum atomic E-state index is 8.97. The summed E-state index contributed by atoms with van der Waals surface area (Å²) in [6, 6.07) is 14.6. The largest absolute Gasteiger partial charge is 0.489 e. The molecular weight excluding hydrogens is 262 g/mol. The summed E-state index contributed by atoms with van der Waals surface area (Å²) >= 11 is 6.05. The molecule has 0 aliphatic carbocycles. The van der Waals surface area contributed by atoms with Crippen molar-refractivity contribution in [3.8, 4) is 5.75 Å². The van der Waals surface area contributed by atoms with Gasteiger partial charge in [-0.2, -0.15) is 0 Å². The van der Waals surface area contributed by atoms with Gasteiger partial charge in [0.05, 0.1) is 12.6 Å². The number of halogens is 1. The van der Waals surface area contributed by atoms with Crippen LogP contribution in [0.2, 0.25) is 5.02 Å². The van der Waals surface area contributed by atoms with E-state index in [-0.39, 0.29) is 12.6 Å². The Bertz CT molecular complexity index is 528. The SMILES string of the molecule is N[C@H](CO)c1ccc(OCc2ccccc2Cl)cc1. The maximum absolute atomic E-state index is 8.97. The summed E-state index contributed by atoms with van der Waals surface area (Å²) in [5.41, 5.74) is 7.55. The molecule has 2 rings (SSSR count). The van der Waals surface area contributed by atoms with Gasteiger partial charge < -0.3 is 15.6 Å². The molecule has 0 saturated carbocycles. The van der Waals surface area contributed by atoms with Gasteiger partial charge in [-0.3, -0.25) is 0 Å². The van der Waals surface area contributed by atoms with E-state index in [0.717, 1.165) is 16.9 Å². The van der Waals surface area contributed by atoms with Crippen molar-refractivity contribution in [2.75, 3.05) is 6.61 Å². The zero-order valence-corrected chi connectivity index (χ0v) is 11.2. The average Bonchev–Trinajstić information content (AvgIpc) is 2.46. The van der Waals surface area contributed by atoms with Gasteiger partial charge in [0.25, 0.3) is 0 Å². The van der Waals surface area contributed by atoms with Gasteiger partial charge in [0.1, 0.15) is 12.4 Å². The number of ether oxygens (including phenoxy) is 1. The molecule has 0 aliphatic heterocycles. The minimum Gasteiger partial charge on any atom is -0.489 e. The van der Waals surface area contributed by atoms with E-state index in [0.29, 0.717) is 11.6 Å². The highest BCUT2D eigenvalue weighted by molar-refractivity contribution is 6.31. The fourth-order valence-corrected chi connectivity index (χ4v) is 1.88. The van der Waals surface area contributed by atoms with Crippen LogP contribution in [0, 0.1) is 0 Å². The number of hydrogen-bond donors (Lipinski definition) is 2. The zero-order chi connectivity index (χ0) is 13.7. The van der Waals surface area contributed by atoms with E-state index in [1.54, 1.807) is 0 Å². The molecule has 0 heterocycles. The maximum Gasteiger partial charge on any atom is 0.119 e. The van der Waals surface area contributed by atoms with E-state index in [9.17, 15) is 0 Å². The van der Waals surface area contributed by atoms with E-state index in [2.05, 4.69) is 0 Å². The lowest BCUT2D eigenvalue weighted by Gasteiger charge is -2.11. The molecule has 3 nitrogen and oxygen atoms in total. The Labute approximate surface area is 117 Å². The third-order valence-corrected chi connectivity index (χ3v) is 3.23. The molecule has 0 fully saturated rings. The van der Waals surface area contributed by atoms with Crippen LogP contribution in [0.3, 0.4) is 0 Å². The van der Waals surface area contributed by atoms with Gasteiger partial charge in [0.15, 0.2) is 0 Å². The van der Waals surface area contributed by atoms with Crippen LogP contribution in [0.5, 0.6) is 5.75 Å². The standard InChI is InChI=1S/C15H16ClNO2/c16-14-4-2-1-3-12(14)10-19-13-7-5-11(6-8-13)15(17)9-18/h1-8,15,18H,9-10,17H2/t15-/m1/s1. The molecular formula is C15H16ClNO2. The normalized spacial score (nSPS) is 12.2. The molecule has 1 atom stereocenters. The first kappa shape index (κ1) is 13.9. The van der Waals surface area contributed by atoms with Crippen LogP contribution < -0.4 is 10.5 Å². The predicted octanol–water partition coefficient (Wildman–Crippen LogP) is 2.91. The second-order valence-corrected chi connectivity index (χ2v) is 4.65. The third-order valence-electron chi connectivity index (χ3n) is 2.86. The highest BCUT2D eigenvalue weighted by atomic mass is 35.5. The Kier molecular flexibility index (Phi) is 4.80. The van der Waals surface area contributed by atoms with Crippen molar-refractivity contribution in [3.05, 3.63) is 64.7 Å². The summed E-state index contributed by atoms with van der Waals surface area (Å²) in [5.74, 6) is 0.744. The van der Waals surface area contributed by atoms with Crippen molar-refractivity contribution in [2.45, 2.75) is 12.6 Å². The lowest BCUT2D eigenvalue weighted by Crippen LogP contribution is -2.14. The molecule has 3 N–H and O–H groups in total. The Morgan fingerprint density at radius 2 is 1.79 bits per heavy atom. The van der Waals surface area contributed by atoms with Crippen LogP contribution in [0.4, 0.5) is 0 Å². The summed E-state index contributed by atoms with van der Waals surface area (Å²) in [6.45, 7) is 0.352. The quantitative estimate of drug-likeness (QED) is 0.883. The Morgan fingerprint density at radius 1 is 1.11 bits per heavy atom. The van der Waals surface area contributed by atoms with Gasteiger partial charge in [-0.15, -0.1) is 0 Å². The molecule has 0 aromatic heterocycles. The summed E-state index contributed by atoms with van der Waals surface area (Å²) in [7, 11) is 0. The van der Waals surface area contributed by atoms with Crippen LogP contribution in [0.25, 0.3) is 0 Å². The third kappa shape index (κ3) is 3.70. The van der Waals surface area contributed by atoms with Gasteiger partial charge in [-0.1, -0.05) is 41.9 Å². The highest BCUT2D eigenvalue weighted by Crippen LogP contribution is 2.20. The molecule has 100 valence electrons. The monoisotopic (exact) mass is 277 g/mol. The first-order valence-electron chi connectivity index (χ1n) is 6.03. The van der Waals surface area contributed by atoms with Crippen molar-refractivity contribution >= 4 is 11.6 Å². The van der Waals surface area contributed by atoms with Crippen molar-refractivity contribution in [2.24, 2.45) is 5.73 Å². The topological polar surface area (TPSA) is 55.5 Å². The number of hydrogen-bond acceptors (Lipinski definition) is 3. The predicted molar refractivity (Wildman–Crippen MR) is 76.2 cm³/mol. The van der Waals surface area contributed by atoms with E-state index >= 15 is 0 Å². The Balaban J connectivity index is 1.99. The second-order valence-electron chi connectivity index (χ2n) is 4.24. The molecule has 0 saturated heterocycles. The summed E-state index contributed by atoms with van der Waals surface area (Å²) in [6.07, 6.45) is 0. The lowest BCUT2D eigenvalue weighted by atomic mass is 10.1. The van der Waals surface area contributed by atoms with Crippen molar-refractivity contribution < 1.29 is 9.84 Å². The van der Waals surface area contributed by atoms with Gasteiger partial charge in [-0.25, -0.2) is 0 Å². The van der Waals surface area contributed by atoms with E-state index in [4.69, 9.17) is 27.2 Å². The smallest absolute Gasteiger partial charge is 0.119 e. The fraction of sp³-hybridized carbons (Fsp3) is 0.200. The molecule has 2 aromatic carbocycles. The van der Waals surface area contributed by atoms with E-state index < -0.39 is 0 Å². The number of aliphatic hydroxyl groups is 1. The Hall–Kier alpha value is -1.55. The van der Waals surface area contributed by atoms with E-state index in [1.807, 2.05) is 48.5 Å². The minimum absolute atomic E-state index is 0.0696. The molecule has 0 spiro atoms. The fourth-order valence-electron chi connectivity index (χ4n) is 1.69. The lowest BCUT2D eigenvalue weighted by molar-refractivity contribution is 0.267. The minimum atomic E-state index is -0.349. The van der Waals surface area contributed by atoms with Crippen LogP contribution in [-0.2, 0) is 6.61 Å². The van der Waals surface area contributed by atoms with Crippen LogP contribution in [-0.4, -0.2) is 11.7 Å². The molecule has 0 radical (unpaired) electrons. The highest BCUT2D eigenvalue weighted by Gasteiger charge is 2.04. The number of rotatable bonds is 5. The molecule has 0 bridgehead atoms. The number of benzene rings is 2. The molecule has 0 aliphatic rings. The van der Waals surface area contributed by atoms with Crippen LogP contribution in [0.1, 0.15) is 17.2 Å². The van der Waals surface area contributed by atoms with Gasteiger partial charge in [0.2, 0.25) is 0 Å². The number of aliphatic hydroxyl groups excluding tert-OH is 1. The summed E-state index contributed by atoms with van der Waals surface area (Å²) in [4.78, 5) is 0. The van der Waals surface area contributed by atoms with Gasteiger partial charge in [-0.05, 0) is 23.8 Å². The molecule has 0 unspecified atom stereocenters. The first-order chi connectivity index (χ1) is 9.20. The first-order valence-corrected chi connectivity index (χ1v) is 6.41. The molecule has 0 amide bonds. The summed E-state index contributed by atoms with van der Waals surface area (Å²) in [5, 5.41) is 9.66.